The standard InChI is InChI=1S/C23H27BrN4O2/c1-3-11-27-13-18(22(29)25-16-9-10-20(24)15(2)12-16)21-19(14-27)23(30)28(26-21)17-7-5-4-6-8-17/h4-10,12,18-19,21,26H,3,11,13-14H2,1-2H3,(H,25,29). The van der Waals surface area contributed by atoms with E-state index in [4.69, 9.17) is 0 Å². The van der Waals surface area contributed by atoms with E-state index in [1.54, 1.807) is 5.01 Å². The van der Waals surface area contributed by atoms with Crippen molar-refractivity contribution >= 4 is 39.1 Å². The van der Waals surface area contributed by atoms with E-state index >= 15 is 0 Å². The molecular formula is C23H27BrN4O2. The van der Waals surface area contributed by atoms with Crippen LogP contribution in [0.25, 0.3) is 0 Å². The van der Waals surface area contributed by atoms with Crippen molar-refractivity contribution < 1.29 is 9.59 Å². The molecule has 2 aliphatic heterocycles. The molecule has 0 aliphatic carbocycles. The van der Waals surface area contributed by atoms with E-state index in [0.29, 0.717) is 13.1 Å². The van der Waals surface area contributed by atoms with E-state index in [0.717, 1.165) is 34.4 Å². The number of benzene rings is 2. The number of nitrogens with one attached hydrogen (secondary N) is 2. The predicted octanol–water partition coefficient (Wildman–Crippen LogP) is 3.57. The molecule has 2 aliphatic rings. The molecule has 6 nitrogen and oxygen atoms in total. The molecule has 0 spiro atoms. The Hall–Kier alpha value is -2.22. The van der Waals surface area contributed by atoms with Crippen molar-refractivity contribution in [3.8, 4) is 0 Å². The van der Waals surface area contributed by atoms with Crippen LogP contribution in [0.15, 0.2) is 53.0 Å². The number of hydrogen-bond acceptors (Lipinski definition) is 4. The zero-order chi connectivity index (χ0) is 21.3. The quantitative estimate of drug-likeness (QED) is 0.700. The Balaban J connectivity index is 1.58. The van der Waals surface area contributed by atoms with Crippen LogP contribution in [0.1, 0.15) is 18.9 Å². The van der Waals surface area contributed by atoms with Gasteiger partial charge in [0.15, 0.2) is 0 Å². The number of aryl methyl sites for hydroxylation is 1. The van der Waals surface area contributed by atoms with Gasteiger partial charge in [0.2, 0.25) is 11.8 Å². The van der Waals surface area contributed by atoms with E-state index in [9.17, 15) is 9.59 Å². The van der Waals surface area contributed by atoms with Gasteiger partial charge >= 0.3 is 0 Å². The third-order valence-corrected chi connectivity index (χ3v) is 6.80. The van der Waals surface area contributed by atoms with Gasteiger partial charge in [-0.25, -0.2) is 10.4 Å². The highest BCUT2D eigenvalue weighted by molar-refractivity contribution is 9.10. The van der Waals surface area contributed by atoms with Crippen molar-refractivity contribution in [1.82, 2.24) is 10.3 Å². The summed E-state index contributed by atoms with van der Waals surface area (Å²) in [5.41, 5.74) is 5.99. The molecule has 7 heteroatoms. The van der Waals surface area contributed by atoms with Gasteiger partial charge in [-0.05, 0) is 55.8 Å². The molecule has 2 heterocycles. The molecular weight excluding hydrogens is 444 g/mol. The van der Waals surface area contributed by atoms with Crippen molar-refractivity contribution in [2.45, 2.75) is 26.3 Å². The molecule has 3 unspecified atom stereocenters. The van der Waals surface area contributed by atoms with Gasteiger partial charge in [0.1, 0.15) is 0 Å². The molecule has 2 fully saturated rings. The number of carbonyl (C=O) groups excluding carboxylic acids is 2. The normalized spacial score (nSPS) is 24.0. The second-order valence-electron chi connectivity index (χ2n) is 8.09. The zero-order valence-electron chi connectivity index (χ0n) is 17.3. The van der Waals surface area contributed by atoms with Gasteiger partial charge in [-0.3, -0.25) is 9.59 Å². The molecule has 3 atom stereocenters. The minimum absolute atomic E-state index is 0.0317. The Morgan fingerprint density at radius 2 is 1.97 bits per heavy atom. The number of rotatable bonds is 5. The summed E-state index contributed by atoms with van der Waals surface area (Å²) in [6.07, 6.45) is 0.988. The minimum Gasteiger partial charge on any atom is -0.326 e. The molecule has 0 radical (unpaired) electrons. The first-order chi connectivity index (χ1) is 14.5. The van der Waals surface area contributed by atoms with Crippen LogP contribution in [0.5, 0.6) is 0 Å². The summed E-state index contributed by atoms with van der Waals surface area (Å²) in [5, 5.41) is 4.69. The summed E-state index contributed by atoms with van der Waals surface area (Å²) in [6, 6.07) is 15.1. The van der Waals surface area contributed by atoms with Gasteiger partial charge in [-0.2, -0.15) is 0 Å². The Morgan fingerprint density at radius 1 is 1.20 bits per heavy atom. The van der Waals surface area contributed by atoms with Gasteiger partial charge in [0.25, 0.3) is 0 Å². The van der Waals surface area contributed by atoms with Gasteiger partial charge < -0.3 is 10.2 Å². The van der Waals surface area contributed by atoms with Crippen molar-refractivity contribution in [2.24, 2.45) is 11.8 Å². The number of likely N-dealkylation sites (tertiary alicyclic amines) is 1. The van der Waals surface area contributed by atoms with Crippen molar-refractivity contribution in [3.05, 3.63) is 58.6 Å². The average molecular weight is 471 g/mol. The Bertz CT molecular complexity index is 936. The summed E-state index contributed by atoms with van der Waals surface area (Å²) in [6.45, 7) is 6.31. The van der Waals surface area contributed by atoms with Crippen molar-refractivity contribution in [1.29, 1.82) is 0 Å². The number of amides is 2. The van der Waals surface area contributed by atoms with Crippen LogP contribution in [-0.2, 0) is 9.59 Å². The van der Waals surface area contributed by atoms with Gasteiger partial charge in [0, 0.05) is 23.2 Å². The van der Waals surface area contributed by atoms with Crippen LogP contribution in [0.3, 0.4) is 0 Å². The van der Waals surface area contributed by atoms with Crippen molar-refractivity contribution in [3.63, 3.8) is 0 Å². The lowest BCUT2D eigenvalue weighted by molar-refractivity contribution is -0.126. The fourth-order valence-corrected chi connectivity index (χ4v) is 4.66. The van der Waals surface area contributed by atoms with Gasteiger partial charge in [0.05, 0.1) is 23.6 Å². The largest absolute Gasteiger partial charge is 0.326 e. The maximum absolute atomic E-state index is 13.3. The lowest BCUT2D eigenvalue weighted by atomic mass is 9.84. The maximum Gasteiger partial charge on any atom is 0.247 e. The molecule has 2 aromatic rings. The molecule has 4 rings (SSSR count). The summed E-state index contributed by atoms with van der Waals surface area (Å²) < 4.78 is 1.01. The molecule has 30 heavy (non-hydrogen) atoms. The van der Waals surface area contributed by atoms with E-state index in [1.165, 1.54) is 0 Å². The van der Waals surface area contributed by atoms with E-state index in [-0.39, 0.29) is 29.7 Å². The number of anilines is 2. The third-order valence-electron chi connectivity index (χ3n) is 5.91. The number of hydrogen-bond donors (Lipinski definition) is 2. The number of nitrogens with zero attached hydrogens (tertiary/aromatic N) is 2. The first-order valence-corrected chi connectivity index (χ1v) is 11.2. The van der Waals surface area contributed by atoms with Crippen LogP contribution >= 0.6 is 15.9 Å². The van der Waals surface area contributed by atoms with E-state index in [1.807, 2.05) is 55.5 Å². The number of carbonyl (C=O) groups is 2. The molecule has 0 bridgehead atoms. The second kappa shape index (κ2) is 8.88. The molecule has 2 amide bonds. The highest BCUT2D eigenvalue weighted by Gasteiger charge is 2.50. The first-order valence-electron chi connectivity index (χ1n) is 10.4. The van der Waals surface area contributed by atoms with Crippen LogP contribution < -0.4 is 15.8 Å². The molecule has 158 valence electrons. The lowest BCUT2D eigenvalue weighted by Gasteiger charge is -2.38. The fourth-order valence-electron chi connectivity index (χ4n) is 4.41. The SMILES string of the molecule is CCCN1CC(C(=O)Nc2ccc(Br)c(C)c2)C2NN(c3ccccc3)C(=O)C2C1. The number of hydrazine groups is 1. The van der Waals surface area contributed by atoms with Gasteiger partial charge in [-0.15, -0.1) is 0 Å². The lowest BCUT2D eigenvalue weighted by Crippen LogP contribution is -2.56. The predicted molar refractivity (Wildman–Crippen MR) is 122 cm³/mol. The monoisotopic (exact) mass is 470 g/mol. The molecule has 2 N–H and O–H groups in total. The van der Waals surface area contributed by atoms with Crippen LogP contribution in [0.2, 0.25) is 0 Å². The zero-order valence-corrected chi connectivity index (χ0v) is 18.9. The Kier molecular flexibility index (Phi) is 6.22. The van der Waals surface area contributed by atoms with E-state index < -0.39 is 0 Å². The molecule has 2 saturated heterocycles. The van der Waals surface area contributed by atoms with Crippen molar-refractivity contribution in [2.75, 3.05) is 30.0 Å². The fraction of sp³-hybridized carbons (Fsp3) is 0.391. The summed E-state index contributed by atoms with van der Waals surface area (Å²) in [5.74, 6) is -0.586. The molecule has 0 aromatic heterocycles. The Labute approximate surface area is 185 Å². The number of halogens is 1. The third kappa shape index (κ3) is 4.15. The number of piperidine rings is 1. The van der Waals surface area contributed by atoms with Crippen LogP contribution in [0, 0.1) is 18.8 Å². The van der Waals surface area contributed by atoms with Crippen LogP contribution in [-0.4, -0.2) is 42.4 Å². The van der Waals surface area contributed by atoms with Gasteiger partial charge in [-0.1, -0.05) is 41.1 Å². The number of para-hydroxylation sites is 1. The Morgan fingerprint density at radius 3 is 2.67 bits per heavy atom. The average Bonchev–Trinajstić information content (AvgIpc) is 3.08. The topological polar surface area (TPSA) is 64.7 Å². The summed E-state index contributed by atoms with van der Waals surface area (Å²) in [7, 11) is 0. The smallest absolute Gasteiger partial charge is 0.247 e. The highest BCUT2D eigenvalue weighted by atomic mass is 79.9. The van der Waals surface area contributed by atoms with Crippen LogP contribution in [0.4, 0.5) is 11.4 Å². The number of fused-ring (bicyclic) bond motifs is 1. The van der Waals surface area contributed by atoms with E-state index in [2.05, 4.69) is 38.5 Å². The summed E-state index contributed by atoms with van der Waals surface area (Å²) >= 11 is 3.50. The summed E-state index contributed by atoms with van der Waals surface area (Å²) in [4.78, 5) is 28.7. The second-order valence-corrected chi connectivity index (χ2v) is 8.94. The maximum atomic E-state index is 13.3. The molecule has 2 aromatic carbocycles. The highest BCUT2D eigenvalue weighted by Crippen LogP contribution is 2.32. The molecule has 0 saturated carbocycles. The minimum atomic E-state index is -0.322. The first kappa shape index (κ1) is 21.0.